The van der Waals surface area contributed by atoms with E-state index in [1.807, 2.05) is 65.4 Å². The SMILES string of the molecule is COc1ccccc1-c1ccnc2c(-c3ccccc3)cnn12. The first-order valence-electron chi connectivity index (χ1n) is 7.40. The molecule has 0 spiro atoms. The van der Waals surface area contributed by atoms with Crippen molar-refractivity contribution in [3.8, 4) is 28.1 Å². The predicted octanol–water partition coefficient (Wildman–Crippen LogP) is 4.07. The summed E-state index contributed by atoms with van der Waals surface area (Å²) in [7, 11) is 1.68. The van der Waals surface area contributed by atoms with E-state index in [-0.39, 0.29) is 0 Å². The lowest BCUT2D eigenvalue weighted by molar-refractivity contribution is 0.416. The van der Waals surface area contributed by atoms with Crippen LogP contribution in [0.3, 0.4) is 0 Å². The van der Waals surface area contributed by atoms with Crippen LogP contribution in [-0.2, 0) is 0 Å². The number of para-hydroxylation sites is 1. The summed E-state index contributed by atoms with van der Waals surface area (Å²) < 4.78 is 7.34. The molecule has 0 bridgehead atoms. The van der Waals surface area contributed by atoms with Gasteiger partial charge in [-0.1, -0.05) is 42.5 Å². The molecule has 0 aliphatic carbocycles. The van der Waals surface area contributed by atoms with Gasteiger partial charge in [0.2, 0.25) is 0 Å². The van der Waals surface area contributed by atoms with Crippen molar-refractivity contribution in [3.05, 3.63) is 73.1 Å². The average molecular weight is 301 g/mol. The van der Waals surface area contributed by atoms with E-state index < -0.39 is 0 Å². The van der Waals surface area contributed by atoms with Crippen molar-refractivity contribution in [1.82, 2.24) is 14.6 Å². The minimum absolute atomic E-state index is 0.816. The topological polar surface area (TPSA) is 39.4 Å². The number of fused-ring (bicyclic) bond motifs is 1. The third-order valence-electron chi connectivity index (χ3n) is 3.87. The van der Waals surface area contributed by atoms with Crippen molar-refractivity contribution in [2.24, 2.45) is 0 Å². The maximum atomic E-state index is 5.48. The van der Waals surface area contributed by atoms with Gasteiger partial charge in [-0.25, -0.2) is 9.50 Å². The molecule has 4 rings (SSSR count). The first kappa shape index (κ1) is 13.5. The van der Waals surface area contributed by atoms with Gasteiger partial charge < -0.3 is 4.74 Å². The Kier molecular flexibility index (Phi) is 3.27. The maximum Gasteiger partial charge on any atom is 0.163 e. The van der Waals surface area contributed by atoms with Gasteiger partial charge in [0.1, 0.15) is 5.75 Å². The molecule has 2 aromatic carbocycles. The second kappa shape index (κ2) is 5.57. The van der Waals surface area contributed by atoms with Crippen molar-refractivity contribution < 1.29 is 4.74 Å². The van der Waals surface area contributed by atoms with Crippen molar-refractivity contribution in [2.45, 2.75) is 0 Å². The number of aromatic nitrogens is 3. The largest absolute Gasteiger partial charge is 0.496 e. The normalized spacial score (nSPS) is 10.8. The molecule has 4 heteroatoms. The molecule has 0 saturated heterocycles. The predicted molar refractivity (Wildman–Crippen MR) is 90.4 cm³/mol. The molecule has 0 fully saturated rings. The van der Waals surface area contributed by atoms with Gasteiger partial charge in [0.25, 0.3) is 0 Å². The van der Waals surface area contributed by atoms with Crippen LogP contribution < -0.4 is 4.74 Å². The van der Waals surface area contributed by atoms with E-state index in [1.165, 1.54) is 0 Å². The Morgan fingerprint density at radius 1 is 0.870 bits per heavy atom. The molecule has 2 aromatic heterocycles. The molecule has 4 aromatic rings. The minimum atomic E-state index is 0.816. The second-order valence-electron chi connectivity index (χ2n) is 5.19. The van der Waals surface area contributed by atoms with Crippen molar-refractivity contribution in [1.29, 1.82) is 0 Å². The zero-order chi connectivity index (χ0) is 15.6. The summed E-state index contributed by atoms with van der Waals surface area (Å²) in [4.78, 5) is 4.52. The van der Waals surface area contributed by atoms with Gasteiger partial charge in [-0.3, -0.25) is 0 Å². The number of methoxy groups -OCH3 is 1. The third-order valence-corrected chi connectivity index (χ3v) is 3.87. The van der Waals surface area contributed by atoms with E-state index in [9.17, 15) is 0 Å². The molecule has 0 saturated carbocycles. The molecule has 112 valence electrons. The van der Waals surface area contributed by atoms with Gasteiger partial charge in [-0.2, -0.15) is 5.10 Å². The monoisotopic (exact) mass is 301 g/mol. The van der Waals surface area contributed by atoms with Gasteiger partial charge in [0.05, 0.1) is 19.0 Å². The first-order valence-corrected chi connectivity index (χ1v) is 7.40. The van der Waals surface area contributed by atoms with Crippen LogP contribution in [0.1, 0.15) is 0 Å². The number of nitrogens with zero attached hydrogens (tertiary/aromatic N) is 3. The Morgan fingerprint density at radius 3 is 2.48 bits per heavy atom. The lowest BCUT2D eigenvalue weighted by Crippen LogP contribution is -1.97. The average Bonchev–Trinajstić information content (AvgIpc) is 3.06. The highest BCUT2D eigenvalue weighted by Crippen LogP contribution is 2.31. The van der Waals surface area contributed by atoms with Crippen LogP contribution in [0.4, 0.5) is 0 Å². The van der Waals surface area contributed by atoms with Crippen LogP contribution in [-0.4, -0.2) is 21.7 Å². The molecule has 23 heavy (non-hydrogen) atoms. The summed E-state index contributed by atoms with van der Waals surface area (Å²) >= 11 is 0. The molecule has 0 unspecified atom stereocenters. The maximum absolute atomic E-state index is 5.48. The molecular formula is C19H15N3O. The van der Waals surface area contributed by atoms with Gasteiger partial charge >= 0.3 is 0 Å². The second-order valence-corrected chi connectivity index (χ2v) is 5.19. The number of benzene rings is 2. The highest BCUT2D eigenvalue weighted by molar-refractivity contribution is 5.79. The Labute approximate surface area is 134 Å². The summed E-state index contributed by atoms with van der Waals surface area (Å²) in [6.07, 6.45) is 3.67. The van der Waals surface area contributed by atoms with Gasteiger partial charge in [-0.05, 0) is 23.8 Å². The molecule has 0 amide bonds. The van der Waals surface area contributed by atoms with E-state index in [0.717, 1.165) is 33.8 Å². The number of hydrogen-bond acceptors (Lipinski definition) is 3. The fraction of sp³-hybridized carbons (Fsp3) is 0.0526. The Balaban J connectivity index is 1.95. The van der Waals surface area contributed by atoms with Crippen molar-refractivity contribution in [2.75, 3.05) is 7.11 Å². The van der Waals surface area contributed by atoms with E-state index in [4.69, 9.17) is 4.74 Å². The molecule has 4 nitrogen and oxygen atoms in total. The molecule has 0 atom stereocenters. The van der Waals surface area contributed by atoms with Crippen LogP contribution in [0.25, 0.3) is 28.0 Å². The zero-order valence-electron chi connectivity index (χ0n) is 12.7. The fourth-order valence-electron chi connectivity index (χ4n) is 2.77. The van der Waals surface area contributed by atoms with E-state index >= 15 is 0 Å². The Bertz CT molecular complexity index is 961. The lowest BCUT2D eigenvalue weighted by Gasteiger charge is -2.09. The summed E-state index contributed by atoms with van der Waals surface area (Å²) in [6, 6.07) is 20.0. The Hall–Kier alpha value is -3.14. The number of hydrogen-bond donors (Lipinski definition) is 0. The van der Waals surface area contributed by atoms with Crippen LogP contribution in [0.5, 0.6) is 5.75 Å². The highest BCUT2D eigenvalue weighted by atomic mass is 16.5. The molecular weight excluding hydrogens is 286 g/mol. The van der Waals surface area contributed by atoms with Gasteiger partial charge in [-0.15, -0.1) is 0 Å². The number of rotatable bonds is 3. The van der Waals surface area contributed by atoms with Crippen LogP contribution >= 0.6 is 0 Å². The van der Waals surface area contributed by atoms with E-state index in [2.05, 4.69) is 22.2 Å². The van der Waals surface area contributed by atoms with E-state index in [0.29, 0.717) is 0 Å². The first-order chi connectivity index (χ1) is 11.4. The van der Waals surface area contributed by atoms with Crippen LogP contribution in [0.2, 0.25) is 0 Å². The summed E-state index contributed by atoms with van der Waals surface area (Å²) in [5, 5.41) is 4.55. The van der Waals surface area contributed by atoms with Crippen molar-refractivity contribution >= 4 is 5.65 Å². The minimum Gasteiger partial charge on any atom is -0.496 e. The third kappa shape index (κ3) is 2.25. The summed E-state index contributed by atoms with van der Waals surface area (Å²) in [6.45, 7) is 0. The molecule has 0 aliphatic rings. The Morgan fingerprint density at radius 2 is 1.65 bits per heavy atom. The van der Waals surface area contributed by atoms with Crippen LogP contribution in [0, 0.1) is 0 Å². The summed E-state index contributed by atoms with van der Waals surface area (Å²) in [5.41, 5.74) is 4.90. The zero-order valence-corrected chi connectivity index (χ0v) is 12.7. The van der Waals surface area contributed by atoms with Gasteiger partial charge in [0.15, 0.2) is 5.65 Å². The van der Waals surface area contributed by atoms with Gasteiger partial charge in [0, 0.05) is 17.3 Å². The fourth-order valence-corrected chi connectivity index (χ4v) is 2.77. The standard InChI is InChI=1S/C19H15N3O/c1-23-18-10-6-5-9-15(18)17-11-12-20-19-16(13-21-22(17)19)14-7-3-2-4-8-14/h2-13H,1H3. The van der Waals surface area contributed by atoms with E-state index in [1.54, 1.807) is 7.11 Å². The van der Waals surface area contributed by atoms with Crippen molar-refractivity contribution in [3.63, 3.8) is 0 Å². The quantitative estimate of drug-likeness (QED) is 0.572. The molecule has 0 radical (unpaired) electrons. The highest BCUT2D eigenvalue weighted by Gasteiger charge is 2.13. The summed E-state index contributed by atoms with van der Waals surface area (Å²) in [5.74, 6) is 0.816. The number of ether oxygens (including phenoxy) is 1. The van der Waals surface area contributed by atoms with Crippen LogP contribution in [0.15, 0.2) is 73.1 Å². The molecule has 2 heterocycles. The smallest absolute Gasteiger partial charge is 0.163 e. The lowest BCUT2D eigenvalue weighted by atomic mass is 10.1. The molecule has 0 aliphatic heterocycles. The molecule has 0 N–H and O–H groups in total.